The van der Waals surface area contributed by atoms with E-state index in [0.717, 1.165) is 34.4 Å². The van der Waals surface area contributed by atoms with Crippen molar-refractivity contribution in [1.29, 1.82) is 0 Å². The minimum Gasteiger partial charge on any atom is -0.493 e. The predicted molar refractivity (Wildman–Crippen MR) is 119 cm³/mol. The van der Waals surface area contributed by atoms with Crippen LogP contribution in [0.15, 0.2) is 40.9 Å². The van der Waals surface area contributed by atoms with Gasteiger partial charge in [0, 0.05) is 12.1 Å². The quantitative estimate of drug-likeness (QED) is 0.440. The summed E-state index contributed by atoms with van der Waals surface area (Å²) in [6, 6.07) is 11.1. The van der Waals surface area contributed by atoms with Gasteiger partial charge in [0.25, 0.3) is 5.91 Å². The Morgan fingerprint density at radius 3 is 2.48 bits per heavy atom. The maximum absolute atomic E-state index is 12.5. The molecule has 0 bridgehead atoms. The van der Waals surface area contributed by atoms with Crippen molar-refractivity contribution in [3.63, 3.8) is 0 Å². The molecule has 2 aromatic carbocycles. The summed E-state index contributed by atoms with van der Waals surface area (Å²) in [7, 11) is 1.62. The first-order valence-electron chi connectivity index (χ1n) is 9.94. The van der Waals surface area contributed by atoms with Crippen molar-refractivity contribution in [2.45, 2.75) is 40.2 Å². The molecular weight excluding hydrogens is 434 g/mol. The molecule has 0 saturated heterocycles. The Morgan fingerprint density at radius 2 is 1.83 bits per heavy atom. The van der Waals surface area contributed by atoms with Gasteiger partial charge in [-0.1, -0.05) is 33.3 Å². The lowest BCUT2D eigenvalue weighted by atomic mass is 10.1. The summed E-state index contributed by atoms with van der Waals surface area (Å²) < 4.78 is 17.7. The molecule has 0 aliphatic heterocycles. The number of carbonyl (C=O) groups excluding carboxylic acids is 1. The van der Waals surface area contributed by atoms with Crippen molar-refractivity contribution in [3.8, 4) is 17.2 Å². The van der Waals surface area contributed by atoms with Crippen molar-refractivity contribution < 1.29 is 19.0 Å². The second-order valence-electron chi connectivity index (χ2n) is 7.22. The van der Waals surface area contributed by atoms with Crippen LogP contribution in [0.2, 0.25) is 0 Å². The lowest BCUT2D eigenvalue weighted by Gasteiger charge is -2.13. The molecule has 0 unspecified atom stereocenters. The van der Waals surface area contributed by atoms with Gasteiger partial charge in [0.15, 0.2) is 11.5 Å². The van der Waals surface area contributed by atoms with E-state index in [1.54, 1.807) is 19.2 Å². The molecule has 0 radical (unpaired) electrons. The van der Waals surface area contributed by atoms with E-state index in [-0.39, 0.29) is 5.91 Å². The lowest BCUT2D eigenvalue weighted by molar-refractivity contribution is 0.0950. The fraction of sp³-hybridized carbons (Fsp3) is 0.435. The molecule has 2 rings (SSSR count). The number of rotatable bonds is 11. The van der Waals surface area contributed by atoms with Crippen LogP contribution in [0.25, 0.3) is 0 Å². The summed E-state index contributed by atoms with van der Waals surface area (Å²) in [6.07, 6.45) is 2.07. The van der Waals surface area contributed by atoms with Crippen LogP contribution in [0.5, 0.6) is 17.2 Å². The van der Waals surface area contributed by atoms with Gasteiger partial charge in [0.05, 0.1) is 24.8 Å². The van der Waals surface area contributed by atoms with Crippen molar-refractivity contribution in [2.75, 3.05) is 20.3 Å². The molecule has 1 amide bonds. The summed E-state index contributed by atoms with van der Waals surface area (Å²) in [5, 5.41) is 2.94. The van der Waals surface area contributed by atoms with Crippen LogP contribution < -0.4 is 19.5 Å². The molecule has 29 heavy (non-hydrogen) atoms. The molecule has 1 N–H and O–H groups in total. The number of nitrogens with one attached hydrogen (secondary N) is 1. The normalized spacial score (nSPS) is 10.7. The van der Waals surface area contributed by atoms with E-state index < -0.39 is 0 Å². The third-order valence-corrected chi connectivity index (χ3v) is 4.82. The van der Waals surface area contributed by atoms with Crippen molar-refractivity contribution in [1.82, 2.24) is 5.32 Å². The molecule has 0 spiro atoms. The zero-order chi connectivity index (χ0) is 21.2. The zero-order valence-corrected chi connectivity index (χ0v) is 19.2. The average molecular weight is 464 g/mol. The van der Waals surface area contributed by atoms with Gasteiger partial charge in [-0.25, -0.2) is 0 Å². The number of hydrogen-bond donors (Lipinski definition) is 1. The highest BCUT2D eigenvalue weighted by Gasteiger charge is 2.11. The average Bonchev–Trinajstić information content (AvgIpc) is 2.71. The first kappa shape index (κ1) is 23.1. The Labute approximate surface area is 181 Å². The minimum atomic E-state index is -0.150. The molecule has 6 heteroatoms. The van der Waals surface area contributed by atoms with Gasteiger partial charge in [-0.15, -0.1) is 0 Å². The second kappa shape index (κ2) is 11.7. The molecule has 0 aliphatic rings. The molecule has 2 aromatic rings. The van der Waals surface area contributed by atoms with E-state index in [0.29, 0.717) is 37.0 Å². The summed E-state index contributed by atoms with van der Waals surface area (Å²) in [6.45, 7) is 7.99. The molecule has 0 fully saturated rings. The number of benzene rings is 2. The van der Waals surface area contributed by atoms with Gasteiger partial charge in [-0.2, -0.15) is 0 Å². The van der Waals surface area contributed by atoms with Crippen molar-refractivity contribution >= 4 is 21.8 Å². The van der Waals surface area contributed by atoms with Gasteiger partial charge in [0.1, 0.15) is 5.75 Å². The van der Waals surface area contributed by atoms with Crippen molar-refractivity contribution in [2.24, 2.45) is 5.92 Å². The number of hydrogen-bond acceptors (Lipinski definition) is 4. The Bertz CT molecular complexity index is 807. The SMILES string of the molecule is CCCCOc1ccc(CNC(=O)c2ccc(OCC(C)C)c(Br)c2)cc1OC. The van der Waals surface area contributed by atoms with E-state index >= 15 is 0 Å². The standard InChI is InChI=1S/C23H30BrNO4/c1-5-6-11-28-21-9-7-17(12-22(21)27-4)14-25-23(26)18-8-10-20(19(24)13-18)29-15-16(2)3/h7-10,12-13,16H,5-6,11,14-15H2,1-4H3,(H,25,26). The van der Waals surface area contributed by atoms with E-state index in [2.05, 4.69) is 42.0 Å². The fourth-order valence-electron chi connectivity index (χ4n) is 2.57. The molecule has 0 saturated carbocycles. The van der Waals surface area contributed by atoms with Crippen LogP contribution in [0.3, 0.4) is 0 Å². The highest BCUT2D eigenvalue weighted by molar-refractivity contribution is 9.10. The second-order valence-corrected chi connectivity index (χ2v) is 8.07. The van der Waals surface area contributed by atoms with E-state index in [1.165, 1.54) is 0 Å². The fourth-order valence-corrected chi connectivity index (χ4v) is 3.06. The third kappa shape index (κ3) is 7.28. The van der Waals surface area contributed by atoms with Gasteiger partial charge in [-0.3, -0.25) is 4.79 Å². The van der Waals surface area contributed by atoms with Crippen molar-refractivity contribution in [3.05, 3.63) is 52.0 Å². The molecular formula is C23H30BrNO4. The highest BCUT2D eigenvalue weighted by Crippen LogP contribution is 2.29. The van der Waals surface area contributed by atoms with Gasteiger partial charge < -0.3 is 19.5 Å². The third-order valence-electron chi connectivity index (χ3n) is 4.20. The zero-order valence-electron chi connectivity index (χ0n) is 17.6. The largest absolute Gasteiger partial charge is 0.493 e. The molecule has 0 heterocycles. The molecule has 0 atom stereocenters. The number of carbonyl (C=O) groups is 1. The number of unbranched alkanes of at least 4 members (excludes halogenated alkanes) is 1. The number of halogens is 1. The summed E-state index contributed by atoms with van der Waals surface area (Å²) in [5.74, 6) is 2.41. The van der Waals surface area contributed by atoms with Crippen LogP contribution in [-0.2, 0) is 6.54 Å². The topological polar surface area (TPSA) is 56.8 Å². The van der Waals surface area contributed by atoms with E-state index in [9.17, 15) is 4.79 Å². The van der Waals surface area contributed by atoms with Gasteiger partial charge >= 0.3 is 0 Å². The molecule has 0 aliphatic carbocycles. The number of ether oxygens (including phenoxy) is 3. The van der Waals surface area contributed by atoms with Gasteiger partial charge in [0.2, 0.25) is 0 Å². The first-order chi connectivity index (χ1) is 13.9. The maximum atomic E-state index is 12.5. The molecule has 158 valence electrons. The number of amides is 1. The maximum Gasteiger partial charge on any atom is 0.251 e. The number of methoxy groups -OCH3 is 1. The van der Waals surface area contributed by atoms with Gasteiger partial charge in [-0.05, 0) is 64.2 Å². The summed E-state index contributed by atoms with van der Waals surface area (Å²) in [5.41, 5.74) is 1.51. The predicted octanol–water partition coefficient (Wildman–Crippen LogP) is 5.60. The lowest BCUT2D eigenvalue weighted by Crippen LogP contribution is -2.22. The van der Waals surface area contributed by atoms with Crippen LogP contribution in [0, 0.1) is 5.92 Å². The Hall–Kier alpha value is -2.21. The minimum absolute atomic E-state index is 0.150. The summed E-state index contributed by atoms with van der Waals surface area (Å²) >= 11 is 3.48. The Morgan fingerprint density at radius 1 is 1.07 bits per heavy atom. The Kier molecular flexibility index (Phi) is 9.32. The monoisotopic (exact) mass is 463 g/mol. The van der Waals surface area contributed by atoms with Crippen LogP contribution >= 0.6 is 15.9 Å². The highest BCUT2D eigenvalue weighted by atomic mass is 79.9. The first-order valence-corrected chi connectivity index (χ1v) is 10.7. The Balaban J connectivity index is 1.97. The van der Waals surface area contributed by atoms with Crippen LogP contribution in [-0.4, -0.2) is 26.2 Å². The smallest absolute Gasteiger partial charge is 0.251 e. The van der Waals surface area contributed by atoms with E-state index in [4.69, 9.17) is 14.2 Å². The molecule has 5 nitrogen and oxygen atoms in total. The van der Waals surface area contributed by atoms with Crippen LogP contribution in [0.1, 0.15) is 49.5 Å². The summed E-state index contributed by atoms with van der Waals surface area (Å²) in [4.78, 5) is 12.5. The molecule has 0 aromatic heterocycles. The van der Waals surface area contributed by atoms with E-state index in [1.807, 2.05) is 24.3 Å². The van der Waals surface area contributed by atoms with Crippen LogP contribution in [0.4, 0.5) is 0 Å².